The van der Waals surface area contributed by atoms with Crippen LogP contribution in [0.15, 0.2) is 18.2 Å². The average molecular weight is 273 g/mol. The van der Waals surface area contributed by atoms with Gasteiger partial charge < -0.3 is 10.4 Å². The third kappa shape index (κ3) is 3.07. The lowest BCUT2D eigenvalue weighted by Gasteiger charge is -2.25. The molecule has 0 bridgehead atoms. The monoisotopic (exact) mass is 273 g/mol. The summed E-state index contributed by atoms with van der Waals surface area (Å²) in [6, 6.07) is 7.35. The third-order valence-corrected chi connectivity index (χ3v) is 5.04. The molecule has 2 aliphatic carbocycles. The van der Waals surface area contributed by atoms with Crippen LogP contribution in [0.1, 0.15) is 68.2 Å². The zero-order valence-corrected chi connectivity index (χ0v) is 12.6. The number of fused-ring (bicyclic) bond motifs is 1. The number of aliphatic hydroxyl groups excluding tert-OH is 1. The van der Waals surface area contributed by atoms with E-state index in [0.29, 0.717) is 6.04 Å². The summed E-state index contributed by atoms with van der Waals surface area (Å²) in [6.45, 7) is 2.11. The Labute approximate surface area is 122 Å². The van der Waals surface area contributed by atoms with Crippen molar-refractivity contribution in [3.05, 3.63) is 34.9 Å². The Morgan fingerprint density at radius 2 is 1.75 bits per heavy atom. The molecule has 1 saturated carbocycles. The molecule has 110 valence electrons. The van der Waals surface area contributed by atoms with Crippen LogP contribution in [-0.2, 0) is 12.8 Å². The van der Waals surface area contributed by atoms with Crippen LogP contribution in [0.25, 0.3) is 0 Å². The number of hydrogen-bond acceptors (Lipinski definition) is 2. The van der Waals surface area contributed by atoms with Crippen molar-refractivity contribution in [2.75, 3.05) is 0 Å². The quantitative estimate of drug-likeness (QED) is 0.879. The van der Waals surface area contributed by atoms with Gasteiger partial charge in [-0.05, 0) is 62.1 Å². The summed E-state index contributed by atoms with van der Waals surface area (Å²) < 4.78 is 0. The Hall–Kier alpha value is -0.860. The van der Waals surface area contributed by atoms with E-state index in [4.69, 9.17) is 0 Å². The maximum absolute atomic E-state index is 10.6. The van der Waals surface area contributed by atoms with Crippen molar-refractivity contribution in [2.45, 2.75) is 76.5 Å². The summed E-state index contributed by atoms with van der Waals surface area (Å²) in [5, 5.41) is 14.2. The first kappa shape index (κ1) is 14.1. The molecule has 0 saturated heterocycles. The minimum atomic E-state index is -0.386. The summed E-state index contributed by atoms with van der Waals surface area (Å²) >= 11 is 0. The standard InChI is InChI=1S/C18H27NO/c1-13(19-17-8-4-5-9-17)18(20)16-11-10-14-6-2-3-7-15(14)12-16/h10-13,17-20H,2-9H2,1H3. The fourth-order valence-electron chi connectivity index (χ4n) is 3.78. The van der Waals surface area contributed by atoms with Crippen LogP contribution in [-0.4, -0.2) is 17.2 Å². The second-order valence-corrected chi connectivity index (χ2v) is 6.62. The zero-order chi connectivity index (χ0) is 13.9. The highest BCUT2D eigenvalue weighted by Crippen LogP contribution is 2.27. The molecule has 1 fully saturated rings. The van der Waals surface area contributed by atoms with Gasteiger partial charge in [0.05, 0.1) is 6.10 Å². The molecule has 2 unspecified atom stereocenters. The SMILES string of the molecule is CC(NC1CCCC1)C(O)c1ccc2c(c1)CCCC2. The predicted octanol–water partition coefficient (Wildman–Crippen LogP) is 3.52. The second kappa shape index (κ2) is 6.28. The van der Waals surface area contributed by atoms with Gasteiger partial charge in [-0.2, -0.15) is 0 Å². The minimum absolute atomic E-state index is 0.139. The van der Waals surface area contributed by atoms with Crippen molar-refractivity contribution in [1.82, 2.24) is 5.32 Å². The van der Waals surface area contributed by atoms with E-state index in [1.54, 1.807) is 0 Å². The van der Waals surface area contributed by atoms with E-state index in [1.165, 1.54) is 62.5 Å². The van der Waals surface area contributed by atoms with E-state index >= 15 is 0 Å². The lowest BCUT2D eigenvalue weighted by molar-refractivity contribution is 0.129. The lowest BCUT2D eigenvalue weighted by atomic mass is 9.88. The highest BCUT2D eigenvalue weighted by atomic mass is 16.3. The zero-order valence-electron chi connectivity index (χ0n) is 12.6. The molecule has 0 radical (unpaired) electrons. The average Bonchev–Trinajstić information content (AvgIpc) is 2.99. The minimum Gasteiger partial charge on any atom is -0.387 e. The maximum atomic E-state index is 10.6. The summed E-state index contributed by atoms with van der Waals surface area (Å²) in [5.41, 5.74) is 4.04. The number of aryl methyl sites for hydroxylation is 2. The normalized spacial score (nSPS) is 22.5. The van der Waals surface area contributed by atoms with Crippen molar-refractivity contribution >= 4 is 0 Å². The molecule has 2 aliphatic rings. The van der Waals surface area contributed by atoms with E-state index in [1.807, 2.05) is 0 Å². The number of aliphatic hydroxyl groups is 1. The molecule has 0 amide bonds. The van der Waals surface area contributed by atoms with E-state index < -0.39 is 0 Å². The molecule has 2 atom stereocenters. The molecule has 20 heavy (non-hydrogen) atoms. The Bertz CT molecular complexity index is 451. The maximum Gasteiger partial charge on any atom is 0.0940 e. The topological polar surface area (TPSA) is 32.3 Å². The molecule has 2 heteroatoms. The van der Waals surface area contributed by atoms with Crippen LogP contribution < -0.4 is 5.32 Å². The highest BCUT2D eigenvalue weighted by Gasteiger charge is 2.23. The molecule has 3 rings (SSSR count). The first-order chi connectivity index (χ1) is 9.74. The van der Waals surface area contributed by atoms with Crippen LogP contribution in [0.5, 0.6) is 0 Å². The molecule has 0 heterocycles. The summed E-state index contributed by atoms with van der Waals surface area (Å²) in [4.78, 5) is 0. The molecular weight excluding hydrogens is 246 g/mol. The Morgan fingerprint density at radius 3 is 2.50 bits per heavy atom. The lowest BCUT2D eigenvalue weighted by Crippen LogP contribution is -2.38. The molecule has 2 N–H and O–H groups in total. The molecular formula is C18H27NO. The molecule has 0 spiro atoms. The van der Waals surface area contributed by atoms with Gasteiger partial charge in [0, 0.05) is 12.1 Å². The van der Waals surface area contributed by atoms with Gasteiger partial charge in [-0.15, -0.1) is 0 Å². The number of rotatable bonds is 4. The third-order valence-electron chi connectivity index (χ3n) is 5.04. The molecule has 1 aromatic carbocycles. The van der Waals surface area contributed by atoms with Gasteiger partial charge in [0.1, 0.15) is 0 Å². The van der Waals surface area contributed by atoms with Crippen molar-refractivity contribution in [1.29, 1.82) is 0 Å². The van der Waals surface area contributed by atoms with Gasteiger partial charge in [-0.3, -0.25) is 0 Å². The summed E-state index contributed by atoms with van der Waals surface area (Å²) in [7, 11) is 0. The van der Waals surface area contributed by atoms with E-state index in [-0.39, 0.29) is 12.1 Å². The van der Waals surface area contributed by atoms with Crippen molar-refractivity contribution in [2.24, 2.45) is 0 Å². The largest absolute Gasteiger partial charge is 0.387 e. The molecule has 2 nitrogen and oxygen atoms in total. The smallest absolute Gasteiger partial charge is 0.0940 e. The van der Waals surface area contributed by atoms with E-state index in [0.717, 1.165) is 5.56 Å². The fraction of sp³-hybridized carbons (Fsp3) is 0.667. The molecule has 0 aliphatic heterocycles. The van der Waals surface area contributed by atoms with Gasteiger partial charge in [0.25, 0.3) is 0 Å². The van der Waals surface area contributed by atoms with Crippen LogP contribution in [0.4, 0.5) is 0 Å². The van der Waals surface area contributed by atoms with Crippen molar-refractivity contribution < 1.29 is 5.11 Å². The van der Waals surface area contributed by atoms with Crippen LogP contribution >= 0.6 is 0 Å². The van der Waals surface area contributed by atoms with Gasteiger partial charge in [-0.25, -0.2) is 0 Å². The van der Waals surface area contributed by atoms with Gasteiger partial charge in [-0.1, -0.05) is 31.0 Å². The fourth-order valence-corrected chi connectivity index (χ4v) is 3.78. The first-order valence-electron chi connectivity index (χ1n) is 8.30. The summed E-state index contributed by atoms with van der Waals surface area (Å²) in [6.07, 6.45) is 9.81. The van der Waals surface area contributed by atoms with Crippen molar-refractivity contribution in [3.63, 3.8) is 0 Å². The molecule has 1 aromatic rings. The molecule has 0 aromatic heterocycles. The van der Waals surface area contributed by atoms with Crippen molar-refractivity contribution in [3.8, 4) is 0 Å². The number of hydrogen-bond donors (Lipinski definition) is 2. The number of nitrogens with one attached hydrogen (secondary N) is 1. The first-order valence-corrected chi connectivity index (χ1v) is 8.30. The Kier molecular flexibility index (Phi) is 4.42. The predicted molar refractivity (Wildman–Crippen MR) is 82.9 cm³/mol. The van der Waals surface area contributed by atoms with Crippen LogP contribution in [0, 0.1) is 0 Å². The second-order valence-electron chi connectivity index (χ2n) is 6.62. The van der Waals surface area contributed by atoms with E-state index in [9.17, 15) is 5.11 Å². The number of benzene rings is 1. The Morgan fingerprint density at radius 1 is 1.05 bits per heavy atom. The van der Waals surface area contributed by atoms with Gasteiger partial charge in [0.2, 0.25) is 0 Å². The van der Waals surface area contributed by atoms with Crippen LogP contribution in [0.2, 0.25) is 0 Å². The van der Waals surface area contributed by atoms with Gasteiger partial charge >= 0.3 is 0 Å². The van der Waals surface area contributed by atoms with E-state index in [2.05, 4.69) is 30.4 Å². The van der Waals surface area contributed by atoms with Crippen LogP contribution in [0.3, 0.4) is 0 Å². The Balaban J connectivity index is 1.67. The summed E-state index contributed by atoms with van der Waals surface area (Å²) in [5.74, 6) is 0. The highest BCUT2D eigenvalue weighted by molar-refractivity contribution is 5.35. The van der Waals surface area contributed by atoms with Gasteiger partial charge in [0.15, 0.2) is 0 Å².